The predicted octanol–water partition coefficient (Wildman–Crippen LogP) is 3.39. The number of carbonyl (C=O) groups is 1. The summed E-state index contributed by atoms with van der Waals surface area (Å²) in [6.07, 6.45) is 0.158. The standard InChI is InChI=1S/C18H17F4N5OS/c1-9-24-25-18(29-9)26-5-3-11(14(21)8-26)17(28)27-15(2-4-23-27)12-6-10(19)7-13(20)16(12)22/h4,6-7,11,14-15H,2-3,5,8H2,1H3/t11-,14+,15-/m1/s1. The van der Waals surface area contributed by atoms with Gasteiger partial charge in [0.1, 0.15) is 17.0 Å². The fraction of sp³-hybridized carbons (Fsp3) is 0.444. The normalized spacial score (nSPS) is 24.4. The van der Waals surface area contributed by atoms with Gasteiger partial charge in [0.15, 0.2) is 11.6 Å². The number of hydrazone groups is 1. The molecule has 0 bridgehead atoms. The zero-order valence-corrected chi connectivity index (χ0v) is 16.2. The minimum atomic E-state index is -1.49. The number of hydrogen-bond acceptors (Lipinski definition) is 6. The average molecular weight is 427 g/mol. The number of benzene rings is 1. The third-order valence-corrected chi connectivity index (χ3v) is 5.98. The fourth-order valence-electron chi connectivity index (χ4n) is 3.64. The van der Waals surface area contributed by atoms with Crippen LogP contribution in [0.25, 0.3) is 0 Å². The second-order valence-electron chi connectivity index (χ2n) is 6.98. The van der Waals surface area contributed by atoms with Gasteiger partial charge in [0.25, 0.3) is 0 Å². The van der Waals surface area contributed by atoms with E-state index in [0.717, 1.165) is 16.1 Å². The van der Waals surface area contributed by atoms with Gasteiger partial charge in [-0.05, 0) is 19.4 Å². The monoisotopic (exact) mass is 427 g/mol. The number of hydrogen-bond donors (Lipinski definition) is 0. The Bertz CT molecular complexity index is 968. The smallest absolute Gasteiger partial charge is 0.249 e. The van der Waals surface area contributed by atoms with E-state index in [1.165, 1.54) is 17.6 Å². The van der Waals surface area contributed by atoms with Crippen LogP contribution < -0.4 is 4.90 Å². The van der Waals surface area contributed by atoms with Crippen molar-refractivity contribution in [3.8, 4) is 0 Å². The van der Waals surface area contributed by atoms with E-state index in [0.29, 0.717) is 17.7 Å². The predicted molar refractivity (Wildman–Crippen MR) is 98.9 cm³/mol. The minimum Gasteiger partial charge on any atom is -0.344 e. The Labute approximate surface area is 167 Å². The van der Waals surface area contributed by atoms with Gasteiger partial charge in [-0.15, -0.1) is 10.2 Å². The molecule has 0 radical (unpaired) electrons. The number of amides is 1. The number of carbonyl (C=O) groups excluding carboxylic acids is 1. The Balaban J connectivity index is 1.51. The van der Waals surface area contributed by atoms with Gasteiger partial charge >= 0.3 is 0 Å². The molecule has 3 atom stereocenters. The summed E-state index contributed by atoms with van der Waals surface area (Å²) in [6, 6.07) is 0.262. The fourth-order valence-corrected chi connectivity index (χ4v) is 4.37. The Morgan fingerprint density at radius 3 is 2.72 bits per heavy atom. The first-order valence-electron chi connectivity index (χ1n) is 9.04. The van der Waals surface area contributed by atoms with Crippen molar-refractivity contribution in [3.05, 3.63) is 40.2 Å². The molecule has 0 spiro atoms. The summed E-state index contributed by atoms with van der Waals surface area (Å²) in [7, 11) is 0. The van der Waals surface area contributed by atoms with Crippen molar-refractivity contribution in [2.24, 2.45) is 11.0 Å². The van der Waals surface area contributed by atoms with Crippen LogP contribution in [-0.4, -0.2) is 46.6 Å². The Morgan fingerprint density at radius 2 is 2.03 bits per heavy atom. The first kappa shape index (κ1) is 19.7. The molecule has 0 N–H and O–H groups in total. The lowest BCUT2D eigenvalue weighted by atomic mass is 9.93. The van der Waals surface area contributed by atoms with Crippen molar-refractivity contribution in [3.63, 3.8) is 0 Å². The molecule has 1 aromatic carbocycles. The van der Waals surface area contributed by atoms with Crippen LogP contribution in [0.1, 0.15) is 29.5 Å². The number of alkyl halides is 1. The second-order valence-corrected chi connectivity index (χ2v) is 8.14. The SMILES string of the molecule is Cc1nnc(N2CC[C@@H](C(=O)N3N=CC[C@@H]3c3cc(F)cc(F)c3F)[C@@H](F)C2)s1. The molecule has 4 rings (SSSR count). The number of aryl methyl sites for hydroxylation is 1. The summed E-state index contributed by atoms with van der Waals surface area (Å²) >= 11 is 1.34. The highest BCUT2D eigenvalue weighted by Crippen LogP contribution is 2.35. The van der Waals surface area contributed by atoms with Crippen molar-refractivity contribution in [2.75, 3.05) is 18.0 Å². The molecular formula is C18H17F4N5OS. The van der Waals surface area contributed by atoms with Gasteiger partial charge < -0.3 is 4.90 Å². The van der Waals surface area contributed by atoms with Gasteiger partial charge in [-0.25, -0.2) is 22.6 Å². The number of halogens is 4. The molecule has 11 heteroatoms. The molecule has 2 aliphatic heterocycles. The van der Waals surface area contributed by atoms with E-state index in [9.17, 15) is 22.4 Å². The van der Waals surface area contributed by atoms with Crippen molar-refractivity contribution in [2.45, 2.75) is 32.0 Å². The molecule has 0 unspecified atom stereocenters. The highest BCUT2D eigenvalue weighted by molar-refractivity contribution is 7.15. The third-order valence-electron chi connectivity index (χ3n) is 5.08. The summed E-state index contributed by atoms with van der Waals surface area (Å²) in [5, 5.41) is 14.1. The molecule has 1 aromatic heterocycles. The van der Waals surface area contributed by atoms with Crippen molar-refractivity contribution in [1.29, 1.82) is 0 Å². The summed E-state index contributed by atoms with van der Waals surface area (Å²) in [6.45, 7) is 2.16. The molecule has 1 amide bonds. The van der Waals surface area contributed by atoms with Gasteiger partial charge in [0.05, 0.1) is 18.5 Å². The second kappa shape index (κ2) is 7.69. The summed E-state index contributed by atoms with van der Waals surface area (Å²) in [5.41, 5.74) is -0.314. The van der Waals surface area contributed by atoms with Crippen molar-refractivity contribution < 1.29 is 22.4 Å². The Hall–Kier alpha value is -2.56. The summed E-state index contributed by atoms with van der Waals surface area (Å²) in [4.78, 5) is 14.7. The molecule has 154 valence electrons. The quantitative estimate of drug-likeness (QED) is 0.557. The minimum absolute atomic E-state index is 0.0315. The molecule has 3 heterocycles. The van der Waals surface area contributed by atoms with E-state index in [-0.39, 0.29) is 24.9 Å². The van der Waals surface area contributed by atoms with Crippen LogP contribution in [0.15, 0.2) is 17.2 Å². The maximum atomic E-state index is 14.9. The van der Waals surface area contributed by atoms with E-state index >= 15 is 0 Å². The highest BCUT2D eigenvalue weighted by atomic mass is 32.1. The number of nitrogens with zero attached hydrogens (tertiary/aromatic N) is 5. The van der Waals surface area contributed by atoms with Crippen LogP contribution in [0, 0.1) is 30.3 Å². The molecule has 1 saturated heterocycles. The van der Waals surface area contributed by atoms with Crippen LogP contribution >= 0.6 is 11.3 Å². The number of anilines is 1. The van der Waals surface area contributed by atoms with Crippen molar-refractivity contribution >= 4 is 28.6 Å². The highest BCUT2D eigenvalue weighted by Gasteiger charge is 2.41. The van der Waals surface area contributed by atoms with E-state index in [1.807, 2.05) is 0 Å². The number of piperidine rings is 1. The molecule has 6 nitrogen and oxygen atoms in total. The van der Waals surface area contributed by atoms with Gasteiger partial charge in [-0.3, -0.25) is 4.79 Å². The topological polar surface area (TPSA) is 61.7 Å². The van der Waals surface area contributed by atoms with Crippen molar-refractivity contribution in [1.82, 2.24) is 15.2 Å². The molecule has 2 aliphatic rings. The van der Waals surface area contributed by atoms with Gasteiger partial charge in [0, 0.05) is 30.8 Å². The Kier molecular flexibility index (Phi) is 5.24. The van der Waals surface area contributed by atoms with Gasteiger partial charge in [0.2, 0.25) is 11.0 Å². The Morgan fingerprint density at radius 1 is 1.24 bits per heavy atom. The third kappa shape index (κ3) is 3.70. The largest absolute Gasteiger partial charge is 0.344 e. The van der Waals surface area contributed by atoms with E-state index < -0.39 is 41.5 Å². The lowest BCUT2D eigenvalue weighted by Gasteiger charge is -2.35. The molecule has 2 aromatic rings. The molecule has 0 saturated carbocycles. The first-order chi connectivity index (χ1) is 13.8. The molecule has 0 aliphatic carbocycles. The average Bonchev–Trinajstić information content (AvgIpc) is 3.33. The van der Waals surface area contributed by atoms with Gasteiger partial charge in [-0.2, -0.15) is 5.10 Å². The molecule has 29 heavy (non-hydrogen) atoms. The summed E-state index contributed by atoms with van der Waals surface area (Å²) < 4.78 is 56.3. The van der Waals surface area contributed by atoms with E-state index in [2.05, 4.69) is 15.3 Å². The maximum Gasteiger partial charge on any atom is 0.249 e. The van der Waals surface area contributed by atoms with Crippen LogP contribution in [0.5, 0.6) is 0 Å². The lowest BCUT2D eigenvalue weighted by molar-refractivity contribution is -0.140. The lowest BCUT2D eigenvalue weighted by Crippen LogP contribution is -2.48. The van der Waals surface area contributed by atoms with Crippen LogP contribution in [-0.2, 0) is 4.79 Å². The molecule has 1 fully saturated rings. The van der Waals surface area contributed by atoms with E-state index in [1.54, 1.807) is 11.8 Å². The van der Waals surface area contributed by atoms with Crippen LogP contribution in [0.2, 0.25) is 0 Å². The van der Waals surface area contributed by atoms with E-state index in [4.69, 9.17) is 0 Å². The van der Waals surface area contributed by atoms with Crippen LogP contribution in [0.4, 0.5) is 22.7 Å². The summed E-state index contributed by atoms with van der Waals surface area (Å²) in [5.74, 6) is -5.16. The number of aromatic nitrogens is 2. The maximum absolute atomic E-state index is 14.9. The first-order valence-corrected chi connectivity index (χ1v) is 9.86. The molecular weight excluding hydrogens is 410 g/mol. The number of rotatable bonds is 3. The van der Waals surface area contributed by atoms with Gasteiger partial charge in [-0.1, -0.05) is 11.3 Å². The van der Waals surface area contributed by atoms with Crippen LogP contribution in [0.3, 0.4) is 0 Å². The zero-order chi connectivity index (χ0) is 20.7. The zero-order valence-electron chi connectivity index (χ0n) is 15.4.